The number of nitrogens with zero attached hydrogens (tertiary/aromatic N) is 3. The van der Waals surface area contributed by atoms with E-state index in [1.807, 2.05) is 0 Å². The molecule has 0 radical (unpaired) electrons. The molecule has 10 nitrogen and oxygen atoms in total. The smallest absolute Gasteiger partial charge is 0.325 e. The quantitative estimate of drug-likeness (QED) is 0.590. The van der Waals surface area contributed by atoms with Crippen LogP contribution in [0.5, 0.6) is 5.75 Å². The maximum Gasteiger partial charge on any atom is 0.325 e. The number of benzene rings is 1. The van der Waals surface area contributed by atoms with Gasteiger partial charge in [0, 0.05) is 0 Å². The van der Waals surface area contributed by atoms with Crippen molar-refractivity contribution in [3.63, 3.8) is 0 Å². The lowest BCUT2D eigenvalue weighted by Crippen LogP contribution is -2.10. The molecule has 0 aromatic heterocycles. The molecule has 1 aromatic carbocycles. The number of nitro benzene ring substituents is 3. The first-order valence-corrected chi connectivity index (χ1v) is 5.02. The molecule has 0 spiro atoms. The molecular weight excluding hydrogens is 262 g/mol. The van der Waals surface area contributed by atoms with Gasteiger partial charge in [-0.25, -0.2) is 0 Å². The van der Waals surface area contributed by atoms with Crippen molar-refractivity contribution in [2.75, 3.05) is 0 Å². The van der Waals surface area contributed by atoms with Gasteiger partial charge in [-0.2, -0.15) is 0 Å². The van der Waals surface area contributed by atoms with Gasteiger partial charge in [0.15, 0.2) is 0 Å². The van der Waals surface area contributed by atoms with Gasteiger partial charge in [-0.05, 0) is 13.8 Å². The van der Waals surface area contributed by atoms with E-state index in [4.69, 9.17) is 4.74 Å². The number of ether oxygens (including phenoxy) is 1. The number of non-ortho nitro benzene ring substituents is 1. The van der Waals surface area contributed by atoms with Crippen LogP contribution in [0.25, 0.3) is 0 Å². The predicted molar refractivity (Wildman–Crippen MR) is 62.2 cm³/mol. The zero-order chi connectivity index (χ0) is 14.7. The monoisotopic (exact) mass is 271 g/mol. The lowest BCUT2D eigenvalue weighted by Gasteiger charge is -2.09. The minimum atomic E-state index is -0.961. The van der Waals surface area contributed by atoms with Gasteiger partial charge in [0.05, 0.1) is 33.0 Å². The largest absolute Gasteiger partial charge is 0.479 e. The van der Waals surface area contributed by atoms with E-state index in [2.05, 4.69) is 0 Å². The number of hydrogen-bond acceptors (Lipinski definition) is 7. The van der Waals surface area contributed by atoms with Crippen molar-refractivity contribution in [3.05, 3.63) is 42.5 Å². The molecule has 0 saturated heterocycles. The van der Waals surface area contributed by atoms with Crippen LogP contribution in [-0.2, 0) is 0 Å². The van der Waals surface area contributed by atoms with Gasteiger partial charge < -0.3 is 4.74 Å². The van der Waals surface area contributed by atoms with Crippen LogP contribution in [0.15, 0.2) is 12.1 Å². The summed E-state index contributed by atoms with van der Waals surface area (Å²) in [4.78, 5) is 29.4. The summed E-state index contributed by atoms with van der Waals surface area (Å²) >= 11 is 0. The zero-order valence-corrected chi connectivity index (χ0v) is 9.93. The summed E-state index contributed by atoms with van der Waals surface area (Å²) in [6, 6.07) is 1.26. The van der Waals surface area contributed by atoms with E-state index in [0.29, 0.717) is 12.1 Å². The average Bonchev–Trinajstić information content (AvgIpc) is 2.27. The molecule has 0 aliphatic heterocycles. The third-order valence-corrected chi connectivity index (χ3v) is 1.99. The molecule has 0 saturated carbocycles. The molecule has 0 atom stereocenters. The molecule has 1 aromatic rings. The van der Waals surface area contributed by atoms with Crippen molar-refractivity contribution in [2.45, 2.75) is 20.0 Å². The molecule has 0 amide bonds. The van der Waals surface area contributed by atoms with Gasteiger partial charge in [-0.3, -0.25) is 30.3 Å². The molecular formula is C9H9N3O7. The van der Waals surface area contributed by atoms with Gasteiger partial charge in [0.25, 0.3) is 11.4 Å². The second-order valence-electron chi connectivity index (χ2n) is 3.75. The highest BCUT2D eigenvalue weighted by atomic mass is 16.6. The zero-order valence-electron chi connectivity index (χ0n) is 9.93. The highest BCUT2D eigenvalue weighted by Crippen LogP contribution is 2.40. The summed E-state index contributed by atoms with van der Waals surface area (Å²) < 4.78 is 5.03. The standard InChI is InChI=1S/C9H9N3O7/c1-5(2)19-9-7(11(15)16)3-6(10(13)14)4-8(9)12(17)18/h3-5H,1-2H3. The van der Waals surface area contributed by atoms with Crippen molar-refractivity contribution < 1.29 is 19.5 Å². The topological polar surface area (TPSA) is 139 Å². The van der Waals surface area contributed by atoms with Crippen LogP contribution < -0.4 is 4.74 Å². The van der Waals surface area contributed by atoms with Crippen LogP contribution in [0, 0.1) is 30.3 Å². The van der Waals surface area contributed by atoms with E-state index in [-0.39, 0.29) is 0 Å². The third kappa shape index (κ3) is 3.12. The number of nitro groups is 3. The first-order valence-electron chi connectivity index (χ1n) is 5.02. The maximum atomic E-state index is 10.8. The summed E-state index contributed by atoms with van der Waals surface area (Å²) in [5, 5.41) is 32.3. The Hall–Kier alpha value is -2.78. The SMILES string of the molecule is CC(C)Oc1c([N+](=O)[O-])cc([N+](=O)[O-])cc1[N+](=O)[O-]. The van der Waals surface area contributed by atoms with E-state index in [1.54, 1.807) is 0 Å². The Balaban J connectivity index is 3.60. The summed E-state index contributed by atoms with van der Waals surface area (Å²) in [5.74, 6) is -0.587. The Labute approximate surface area is 106 Å². The van der Waals surface area contributed by atoms with Gasteiger partial charge >= 0.3 is 11.4 Å². The van der Waals surface area contributed by atoms with Crippen LogP contribution in [0.3, 0.4) is 0 Å². The molecule has 10 heteroatoms. The molecule has 19 heavy (non-hydrogen) atoms. The third-order valence-electron chi connectivity index (χ3n) is 1.99. The van der Waals surface area contributed by atoms with Gasteiger partial charge in [0.1, 0.15) is 0 Å². The summed E-state index contributed by atoms with van der Waals surface area (Å²) in [6.07, 6.45) is -0.557. The highest BCUT2D eigenvalue weighted by Gasteiger charge is 2.32. The molecule has 0 aliphatic carbocycles. The molecule has 1 rings (SSSR count). The van der Waals surface area contributed by atoms with Crippen molar-refractivity contribution in [1.82, 2.24) is 0 Å². The Morgan fingerprint density at radius 2 is 1.37 bits per heavy atom. The first kappa shape index (κ1) is 14.3. The van der Waals surface area contributed by atoms with Crippen LogP contribution in [-0.4, -0.2) is 20.9 Å². The molecule has 0 fully saturated rings. The second kappa shape index (κ2) is 5.25. The fourth-order valence-electron chi connectivity index (χ4n) is 1.32. The van der Waals surface area contributed by atoms with Crippen molar-refractivity contribution in [3.8, 4) is 5.75 Å². The van der Waals surface area contributed by atoms with E-state index >= 15 is 0 Å². The first-order chi connectivity index (χ1) is 8.73. The van der Waals surface area contributed by atoms with E-state index in [9.17, 15) is 30.3 Å². The van der Waals surface area contributed by atoms with Crippen molar-refractivity contribution >= 4 is 17.1 Å². The Morgan fingerprint density at radius 1 is 0.947 bits per heavy atom. The lowest BCUT2D eigenvalue weighted by molar-refractivity contribution is -0.404. The Bertz CT molecular complexity index is 520. The molecule has 0 bridgehead atoms. The van der Waals surface area contributed by atoms with Crippen LogP contribution >= 0.6 is 0 Å². The predicted octanol–water partition coefficient (Wildman–Crippen LogP) is 2.20. The van der Waals surface area contributed by atoms with E-state index in [0.717, 1.165) is 0 Å². The Morgan fingerprint density at radius 3 is 1.63 bits per heavy atom. The normalized spacial score (nSPS) is 10.3. The molecule has 0 N–H and O–H groups in total. The van der Waals surface area contributed by atoms with Gasteiger partial charge in [-0.15, -0.1) is 0 Å². The second-order valence-corrected chi connectivity index (χ2v) is 3.75. The summed E-state index contributed by atoms with van der Waals surface area (Å²) in [6.45, 7) is 3.05. The van der Waals surface area contributed by atoms with Crippen molar-refractivity contribution in [2.24, 2.45) is 0 Å². The summed E-state index contributed by atoms with van der Waals surface area (Å²) in [5.41, 5.74) is -2.36. The summed E-state index contributed by atoms with van der Waals surface area (Å²) in [7, 11) is 0. The van der Waals surface area contributed by atoms with Crippen LogP contribution in [0.1, 0.15) is 13.8 Å². The van der Waals surface area contributed by atoms with Gasteiger partial charge in [-0.1, -0.05) is 0 Å². The van der Waals surface area contributed by atoms with Crippen molar-refractivity contribution in [1.29, 1.82) is 0 Å². The minimum absolute atomic E-state index is 0.557. The highest BCUT2D eigenvalue weighted by molar-refractivity contribution is 5.65. The van der Waals surface area contributed by atoms with Crippen LogP contribution in [0.2, 0.25) is 0 Å². The Kier molecular flexibility index (Phi) is 3.94. The molecule has 0 heterocycles. The fourth-order valence-corrected chi connectivity index (χ4v) is 1.32. The van der Waals surface area contributed by atoms with E-state index < -0.39 is 43.7 Å². The van der Waals surface area contributed by atoms with Gasteiger partial charge in [0.2, 0.25) is 0 Å². The number of hydrogen-bond donors (Lipinski definition) is 0. The lowest BCUT2D eigenvalue weighted by atomic mass is 10.2. The number of rotatable bonds is 5. The fraction of sp³-hybridized carbons (Fsp3) is 0.333. The molecule has 102 valence electrons. The molecule has 0 unspecified atom stereocenters. The van der Waals surface area contributed by atoms with Crippen LogP contribution in [0.4, 0.5) is 17.1 Å². The minimum Gasteiger partial charge on any atom is -0.479 e. The maximum absolute atomic E-state index is 10.8. The van der Waals surface area contributed by atoms with E-state index in [1.165, 1.54) is 13.8 Å². The average molecular weight is 271 g/mol. The molecule has 0 aliphatic rings.